The van der Waals surface area contributed by atoms with Gasteiger partial charge in [0.05, 0.1) is 24.0 Å². The number of aryl methyl sites for hydroxylation is 1. The molecule has 0 radical (unpaired) electrons. The molecule has 0 unspecified atom stereocenters. The second kappa shape index (κ2) is 13.8. The fourth-order valence-electron chi connectivity index (χ4n) is 4.65. The largest absolute Gasteiger partial charge is 0.462 e. The first-order valence-electron chi connectivity index (χ1n) is 13.5. The zero-order valence-corrected chi connectivity index (χ0v) is 24.7. The van der Waals surface area contributed by atoms with Gasteiger partial charge >= 0.3 is 5.97 Å². The Balaban J connectivity index is 1.49. The Hall–Kier alpha value is -3.44. The molecule has 2 N–H and O–H groups in total. The summed E-state index contributed by atoms with van der Waals surface area (Å²) in [5, 5.41) is 15.9. The van der Waals surface area contributed by atoms with Crippen LogP contribution < -0.4 is 10.6 Å². The lowest BCUT2D eigenvalue weighted by Gasteiger charge is -2.22. The third kappa shape index (κ3) is 6.82. The van der Waals surface area contributed by atoms with Crippen molar-refractivity contribution >= 4 is 45.9 Å². The normalized spacial score (nSPS) is 13.4. The number of ether oxygens (including phenoxy) is 1. The average molecular weight is 582 g/mol. The molecule has 0 aliphatic heterocycles. The van der Waals surface area contributed by atoms with E-state index in [9.17, 15) is 14.4 Å². The molecular weight excluding hydrogens is 546 g/mol. The van der Waals surface area contributed by atoms with Gasteiger partial charge in [0.15, 0.2) is 11.0 Å². The lowest BCUT2D eigenvalue weighted by Crippen LogP contribution is -2.33. The van der Waals surface area contributed by atoms with Crippen LogP contribution in [0.15, 0.2) is 48.1 Å². The minimum absolute atomic E-state index is 0.0349. The van der Waals surface area contributed by atoms with Crippen LogP contribution in [0.3, 0.4) is 0 Å². The van der Waals surface area contributed by atoms with E-state index in [1.54, 1.807) is 25.1 Å². The second-order valence-corrected chi connectivity index (χ2v) is 11.8. The number of esters is 1. The molecule has 11 heteroatoms. The summed E-state index contributed by atoms with van der Waals surface area (Å²) in [5.41, 5.74) is 2.06. The smallest absolute Gasteiger partial charge is 0.341 e. The number of hydrogen-bond donors (Lipinski definition) is 2. The Morgan fingerprint density at radius 2 is 1.93 bits per heavy atom. The Kier molecular flexibility index (Phi) is 10.2. The van der Waals surface area contributed by atoms with Gasteiger partial charge in [0.1, 0.15) is 5.00 Å². The third-order valence-corrected chi connectivity index (χ3v) is 8.73. The third-order valence-electron chi connectivity index (χ3n) is 6.56. The van der Waals surface area contributed by atoms with E-state index >= 15 is 0 Å². The molecule has 1 atom stereocenters. The fourth-order valence-corrected chi connectivity index (χ4v) is 6.70. The van der Waals surface area contributed by atoms with Crippen LogP contribution in [-0.2, 0) is 28.9 Å². The molecule has 1 aromatic carbocycles. The van der Waals surface area contributed by atoms with E-state index in [2.05, 4.69) is 27.4 Å². The van der Waals surface area contributed by atoms with Gasteiger partial charge in [0.25, 0.3) is 5.91 Å². The predicted molar refractivity (Wildman–Crippen MR) is 158 cm³/mol. The average Bonchev–Trinajstić information content (AvgIpc) is 3.51. The molecule has 0 saturated heterocycles. The molecule has 2 aromatic heterocycles. The zero-order chi connectivity index (χ0) is 28.6. The van der Waals surface area contributed by atoms with Crippen molar-refractivity contribution in [3.63, 3.8) is 0 Å². The Labute approximate surface area is 242 Å². The van der Waals surface area contributed by atoms with Gasteiger partial charge in [-0.15, -0.1) is 28.1 Å². The van der Waals surface area contributed by atoms with E-state index in [1.807, 2.05) is 36.6 Å². The van der Waals surface area contributed by atoms with E-state index in [0.29, 0.717) is 33.7 Å². The predicted octanol–water partition coefficient (Wildman–Crippen LogP) is 5.44. The monoisotopic (exact) mass is 581 g/mol. The highest BCUT2D eigenvalue weighted by Crippen LogP contribution is 2.38. The molecular formula is C29H35N5O4S2. The van der Waals surface area contributed by atoms with Crippen molar-refractivity contribution in [3.8, 4) is 0 Å². The summed E-state index contributed by atoms with van der Waals surface area (Å²) in [6, 6.07) is 8.63. The molecule has 212 valence electrons. The van der Waals surface area contributed by atoms with E-state index in [0.717, 1.165) is 36.1 Å². The van der Waals surface area contributed by atoms with Gasteiger partial charge in [0, 0.05) is 17.0 Å². The second-order valence-electron chi connectivity index (χ2n) is 9.77. The summed E-state index contributed by atoms with van der Waals surface area (Å²) in [6.07, 6.45) is 5.54. The number of carbonyl (C=O) groups is 3. The summed E-state index contributed by atoms with van der Waals surface area (Å²) >= 11 is 2.71. The highest BCUT2D eigenvalue weighted by Gasteiger charge is 2.29. The maximum Gasteiger partial charge on any atom is 0.341 e. The van der Waals surface area contributed by atoms with Crippen LogP contribution >= 0.6 is 23.1 Å². The Bertz CT molecular complexity index is 1370. The van der Waals surface area contributed by atoms with Crippen LogP contribution in [0.4, 0.5) is 5.00 Å². The maximum atomic E-state index is 13.0. The SMILES string of the molecule is C=CCn1c(SCC(=O)Nc2sc3c(c2C(=O)OCC)CCCC3)nnc1[C@@H](NC(=O)c1ccccc1)C(C)C. The molecule has 0 bridgehead atoms. The number of aromatic nitrogens is 3. The van der Waals surface area contributed by atoms with Gasteiger partial charge in [0.2, 0.25) is 5.91 Å². The standard InChI is InChI=1S/C29H35N5O4S2/c1-5-16-34-25(24(18(3)4)31-26(36)19-12-8-7-9-13-19)32-33-29(34)39-17-22(35)30-27-23(28(37)38-6-2)20-14-10-11-15-21(20)40-27/h5,7-9,12-13,18,24H,1,6,10-11,14-17H2,2-4H3,(H,30,35)(H,31,36)/t24-/m0/s1. The van der Waals surface area contributed by atoms with Crippen LogP contribution in [0, 0.1) is 5.92 Å². The zero-order valence-electron chi connectivity index (χ0n) is 23.1. The number of hydrogen-bond acceptors (Lipinski definition) is 8. The van der Waals surface area contributed by atoms with E-state index in [1.165, 1.54) is 23.1 Å². The number of amides is 2. The fraction of sp³-hybridized carbons (Fsp3) is 0.414. The van der Waals surface area contributed by atoms with Crippen molar-refractivity contribution in [1.29, 1.82) is 0 Å². The van der Waals surface area contributed by atoms with Gasteiger partial charge < -0.3 is 19.9 Å². The number of fused-ring (bicyclic) bond motifs is 1. The van der Waals surface area contributed by atoms with Crippen molar-refractivity contribution < 1.29 is 19.1 Å². The first-order chi connectivity index (χ1) is 19.3. The minimum atomic E-state index is -0.395. The molecule has 1 aliphatic carbocycles. The van der Waals surface area contributed by atoms with Gasteiger partial charge in [-0.1, -0.05) is 49.9 Å². The molecule has 2 heterocycles. The molecule has 0 spiro atoms. The number of rotatable bonds is 12. The van der Waals surface area contributed by atoms with Crippen molar-refractivity contribution in [2.75, 3.05) is 17.7 Å². The Morgan fingerprint density at radius 1 is 1.18 bits per heavy atom. The summed E-state index contributed by atoms with van der Waals surface area (Å²) in [7, 11) is 0. The number of carbonyl (C=O) groups excluding carboxylic acids is 3. The number of allylic oxidation sites excluding steroid dienone is 1. The van der Waals surface area contributed by atoms with E-state index in [-0.39, 0.29) is 30.1 Å². The quantitative estimate of drug-likeness (QED) is 0.166. The number of anilines is 1. The summed E-state index contributed by atoms with van der Waals surface area (Å²) < 4.78 is 7.17. The van der Waals surface area contributed by atoms with Crippen molar-refractivity contribution in [2.24, 2.45) is 5.92 Å². The summed E-state index contributed by atoms with van der Waals surface area (Å²) in [4.78, 5) is 39.8. The Morgan fingerprint density at radius 3 is 2.62 bits per heavy atom. The number of nitrogens with one attached hydrogen (secondary N) is 2. The van der Waals surface area contributed by atoms with Crippen LogP contribution in [-0.4, -0.2) is 44.9 Å². The number of thioether (sulfide) groups is 1. The van der Waals surface area contributed by atoms with Gasteiger partial charge in [-0.25, -0.2) is 4.79 Å². The molecule has 3 aromatic rings. The molecule has 0 fully saturated rings. The van der Waals surface area contributed by atoms with Crippen molar-refractivity contribution in [3.05, 3.63) is 70.4 Å². The van der Waals surface area contributed by atoms with Crippen molar-refractivity contribution in [1.82, 2.24) is 20.1 Å². The molecule has 4 rings (SSSR count). The maximum absolute atomic E-state index is 13.0. The van der Waals surface area contributed by atoms with Crippen molar-refractivity contribution in [2.45, 2.75) is 64.2 Å². The van der Waals surface area contributed by atoms with Crippen LogP contribution in [0.25, 0.3) is 0 Å². The number of thiophene rings is 1. The van der Waals surface area contributed by atoms with Gasteiger partial charge in [-0.2, -0.15) is 0 Å². The van der Waals surface area contributed by atoms with E-state index < -0.39 is 12.0 Å². The molecule has 9 nitrogen and oxygen atoms in total. The lowest BCUT2D eigenvalue weighted by molar-refractivity contribution is -0.113. The topological polar surface area (TPSA) is 115 Å². The lowest BCUT2D eigenvalue weighted by atomic mass is 9.95. The first kappa shape index (κ1) is 29.5. The van der Waals surface area contributed by atoms with Crippen LogP contribution in [0.2, 0.25) is 0 Å². The highest BCUT2D eigenvalue weighted by molar-refractivity contribution is 7.99. The molecule has 2 amide bonds. The van der Waals surface area contributed by atoms with Gasteiger partial charge in [-0.3, -0.25) is 9.59 Å². The molecule has 0 saturated carbocycles. The summed E-state index contributed by atoms with van der Waals surface area (Å²) in [5.74, 6) is -0.135. The van der Waals surface area contributed by atoms with E-state index in [4.69, 9.17) is 4.74 Å². The molecule has 1 aliphatic rings. The minimum Gasteiger partial charge on any atom is -0.462 e. The number of nitrogens with zero attached hydrogens (tertiary/aromatic N) is 3. The van der Waals surface area contributed by atoms with Crippen LogP contribution in [0.5, 0.6) is 0 Å². The highest BCUT2D eigenvalue weighted by atomic mass is 32.2. The summed E-state index contributed by atoms with van der Waals surface area (Å²) in [6.45, 7) is 10.3. The van der Waals surface area contributed by atoms with Crippen LogP contribution in [0.1, 0.15) is 76.6 Å². The van der Waals surface area contributed by atoms with Gasteiger partial charge in [-0.05, 0) is 56.2 Å². The molecule has 40 heavy (non-hydrogen) atoms. The number of benzene rings is 1. The first-order valence-corrected chi connectivity index (χ1v) is 15.3.